The van der Waals surface area contributed by atoms with Gasteiger partial charge in [-0.15, -0.1) is 0 Å². The van der Waals surface area contributed by atoms with Crippen LogP contribution in [0.1, 0.15) is 5.76 Å². The number of urea groups is 1. The average Bonchev–Trinajstić information content (AvgIpc) is 3.19. The summed E-state index contributed by atoms with van der Waals surface area (Å²) in [6.45, 7) is 0.126. The van der Waals surface area contributed by atoms with Crippen molar-refractivity contribution >= 4 is 17.6 Å². The standard InChI is InChI=1S/C20H19N3O4/c24-19(21-13-18-10-5-11-26-18)14-22-20(25)23-15-6-4-9-17(12-15)27-16-7-2-1-3-8-16/h1-12H,13-14H2,(H,21,24)(H2,22,23,25). The van der Waals surface area contributed by atoms with Crippen molar-refractivity contribution in [1.82, 2.24) is 10.6 Å². The Labute approximate surface area is 156 Å². The molecular weight excluding hydrogens is 346 g/mol. The highest BCUT2D eigenvalue weighted by atomic mass is 16.5. The predicted molar refractivity (Wildman–Crippen MR) is 101 cm³/mol. The van der Waals surface area contributed by atoms with Crippen LogP contribution in [0.25, 0.3) is 0 Å². The van der Waals surface area contributed by atoms with E-state index in [9.17, 15) is 9.59 Å². The zero-order valence-corrected chi connectivity index (χ0v) is 14.5. The van der Waals surface area contributed by atoms with E-state index < -0.39 is 6.03 Å². The highest BCUT2D eigenvalue weighted by Crippen LogP contribution is 2.23. The molecule has 0 saturated carbocycles. The van der Waals surface area contributed by atoms with Crippen LogP contribution >= 0.6 is 0 Å². The van der Waals surface area contributed by atoms with Crippen LogP contribution in [-0.4, -0.2) is 18.5 Å². The number of benzene rings is 2. The van der Waals surface area contributed by atoms with Crippen LogP contribution in [0.4, 0.5) is 10.5 Å². The van der Waals surface area contributed by atoms with E-state index in [-0.39, 0.29) is 19.0 Å². The first kappa shape index (κ1) is 18.1. The minimum atomic E-state index is -0.486. The Morgan fingerprint density at radius 1 is 0.889 bits per heavy atom. The SMILES string of the molecule is O=C(CNC(=O)Nc1cccc(Oc2ccccc2)c1)NCc1ccco1. The van der Waals surface area contributed by atoms with E-state index in [0.29, 0.717) is 22.9 Å². The average molecular weight is 365 g/mol. The van der Waals surface area contributed by atoms with Gasteiger partial charge in [-0.3, -0.25) is 4.79 Å². The van der Waals surface area contributed by atoms with E-state index in [2.05, 4.69) is 16.0 Å². The Hall–Kier alpha value is -3.74. The third-order valence-electron chi connectivity index (χ3n) is 3.52. The van der Waals surface area contributed by atoms with Crippen molar-refractivity contribution in [3.63, 3.8) is 0 Å². The first-order chi connectivity index (χ1) is 13.2. The van der Waals surface area contributed by atoms with Gasteiger partial charge >= 0.3 is 6.03 Å². The minimum absolute atomic E-state index is 0.146. The Bertz CT molecular complexity index is 879. The molecule has 27 heavy (non-hydrogen) atoms. The van der Waals surface area contributed by atoms with Crippen LogP contribution in [0, 0.1) is 0 Å². The summed E-state index contributed by atoms with van der Waals surface area (Å²) in [5.74, 6) is 1.62. The molecule has 0 atom stereocenters. The van der Waals surface area contributed by atoms with E-state index in [1.165, 1.54) is 6.26 Å². The van der Waals surface area contributed by atoms with Crippen LogP contribution in [0.2, 0.25) is 0 Å². The lowest BCUT2D eigenvalue weighted by atomic mass is 10.3. The van der Waals surface area contributed by atoms with Gasteiger partial charge in [-0.2, -0.15) is 0 Å². The van der Waals surface area contributed by atoms with E-state index in [4.69, 9.17) is 9.15 Å². The summed E-state index contributed by atoms with van der Waals surface area (Å²) in [4.78, 5) is 23.7. The summed E-state index contributed by atoms with van der Waals surface area (Å²) < 4.78 is 10.8. The quantitative estimate of drug-likeness (QED) is 0.597. The zero-order chi connectivity index (χ0) is 18.9. The number of para-hydroxylation sites is 1. The molecule has 0 spiro atoms. The number of anilines is 1. The van der Waals surface area contributed by atoms with Crippen LogP contribution in [0.5, 0.6) is 11.5 Å². The fourth-order valence-electron chi connectivity index (χ4n) is 2.26. The molecular formula is C20H19N3O4. The van der Waals surface area contributed by atoms with Gasteiger partial charge in [0.05, 0.1) is 19.4 Å². The molecule has 2 aromatic carbocycles. The molecule has 0 saturated heterocycles. The van der Waals surface area contributed by atoms with Crippen molar-refractivity contribution in [1.29, 1.82) is 0 Å². The Morgan fingerprint density at radius 2 is 1.70 bits per heavy atom. The summed E-state index contributed by atoms with van der Waals surface area (Å²) in [5.41, 5.74) is 0.553. The lowest BCUT2D eigenvalue weighted by Gasteiger charge is -2.10. The normalized spacial score (nSPS) is 10.1. The van der Waals surface area contributed by atoms with Gasteiger partial charge in [-0.25, -0.2) is 4.79 Å². The zero-order valence-electron chi connectivity index (χ0n) is 14.5. The maximum absolute atomic E-state index is 12.0. The lowest BCUT2D eigenvalue weighted by molar-refractivity contribution is -0.120. The highest BCUT2D eigenvalue weighted by Gasteiger charge is 2.07. The fraction of sp³-hybridized carbons (Fsp3) is 0.100. The molecule has 3 aromatic rings. The number of ether oxygens (including phenoxy) is 1. The van der Waals surface area contributed by atoms with Gasteiger partial charge in [0, 0.05) is 11.8 Å². The second-order valence-electron chi connectivity index (χ2n) is 5.61. The van der Waals surface area contributed by atoms with Crippen LogP contribution in [0.3, 0.4) is 0 Å². The molecule has 3 rings (SSSR count). The number of amides is 3. The fourth-order valence-corrected chi connectivity index (χ4v) is 2.26. The van der Waals surface area contributed by atoms with Gasteiger partial charge in [0.15, 0.2) is 0 Å². The third-order valence-corrected chi connectivity index (χ3v) is 3.52. The van der Waals surface area contributed by atoms with Gasteiger partial charge in [0.2, 0.25) is 5.91 Å². The van der Waals surface area contributed by atoms with Gasteiger partial charge in [0.25, 0.3) is 0 Å². The van der Waals surface area contributed by atoms with Gasteiger partial charge in [-0.05, 0) is 36.4 Å². The molecule has 3 N–H and O–H groups in total. The van der Waals surface area contributed by atoms with Crippen molar-refractivity contribution in [2.45, 2.75) is 6.54 Å². The van der Waals surface area contributed by atoms with E-state index >= 15 is 0 Å². The summed E-state index contributed by atoms with van der Waals surface area (Å²) in [6, 6.07) is 19.3. The molecule has 138 valence electrons. The molecule has 0 fully saturated rings. The van der Waals surface area contributed by atoms with Crippen LogP contribution < -0.4 is 20.7 Å². The molecule has 0 bridgehead atoms. The maximum atomic E-state index is 12.0. The highest BCUT2D eigenvalue weighted by molar-refractivity contribution is 5.92. The van der Waals surface area contributed by atoms with Crippen molar-refractivity contribution in [3.8, 4) is 11.5 Å². The molecule has 1 heterocycles. The molecule has 7 heteroatoms. The Kier molecular flexibility index (Phi) is 6.08. The number of carbonyl (C=O) groups excluding carboxylic acids is 2. The van der Waals surface area contributed by atoms with Gasteiger partial charge in [0.1, 0.15) is 17.3 Å². The first-order valence-corrected chi connectivity index (χ1v) is 8.36. The van der Waals surface area contributed by atoms with Crippen LogP contribution in [-0.2, 0) is 11.3 Å². The van der Waals surface area contributed by atoms with E-state index in [1.54, 1.807) is 36.4 Å². The van der Waals surface area contributed by atoms with E-state index in [1.807, 2.05) is 30.3 Å². The number of rotatable bonds is 7. The molecule has 0 aliphatic rings. The maximum Gasteiger partial charge on any atom is 0.319 e. The number of furan rings is 1. The molecule has 0 aliphatic heterocycles. The topological polar surface area (TPSA) is 92.6 Å². The number of hydrogen-bond donors (Lipinski definition) is 3. The first-order valence-electron chi connectivity index (χ1n) is 8.36. The van der Waals surface area contributed by atoms with Crippen molar-refractivity contribution < 1.29 is 18.7 Å². The third kappa shape index (κ3) is 5.93. The van der Waals surface area contributed by atoms with E-state index in [0.717, 1.165) is 0 Å². The molecule has 0 aliphatic carbocycles. The molecule has 0 unspecified atom stereocenters. The molecule has 1 aromatic heterocycles. The van der Waals surface area contributed by atoms with Crippen molar-refractivity contribution in [2.75, 3.05) is 11.9 Å². The second-order valence-corrected chi connectivity index (χ2v) is 5.61. The molecule has 7 nitrogen and oxygen atoms in total. The Balaban J connectivity index is 1.44. The summed E-state index contributed by atoms with van der Waals surface area (Å²) in [7, 11) is 0. The number of hydrogen-bond acceptors (Lipinski definition) is 4. The molecule has 0 radical (unpaired) electrons. The molecule has 3 amide bonds. The van der Waals surface area contributed by atoms with Crippen molar-refractivity contribution in [2.24, 2.45) is 0 Å². The smallest absolute Gasteiger partial charge is 0.319 e. The summed E-state index contributed by atoms with van der Waals surface area (Å²) in [5, 5.41) is 7.81. The summed E-state index contributed by atoms with van der Waals surface area (Å²) in [6.07, 6.45) is 1.53. The monoisotopic (exact) mass is 365 g/mol. The number of carbonyl (C=O) groups is 2. The van der Waals surface area contributed by atoms with Crippen LogP contribution in [0.15, 0.2) is 77.4 Å². The predicted octanol–water partition coefficient (Wildman–Crippen LogP) is 3.51. The largest absolute Gasteiger partial charge is 0.467 e. The minimum Gasteiger partial charge on any atom is -0.467 e. The number of nitrogens with one attached hydrogen (secondary N) is 3. The Morgan fingerprint density at radius 3 is 2.48 bits per heavy atom. The lowest BCUT2D eigenvalue weighted by Crippen LogP contribution is -2.38. The van der Waals surface area contributed by atoms with Gasteiger partial charge in [-0.1, -0.05) is 24.3 Å². The van der Waals surface area contributed by atoms with Gasteiger partial charge < -0.3 is 25.1 Å². The second kappa shape index (κ2) is 9.10. The summed E-state index contributed by atoms with van der Waals surface area (Å²) >= 11 is 0. The van der Waals surface area contributed by atoms with Crippen molar-refractivity contribution in [3.05, 3.63) is 78.8 Å².